The van der Waals surface area contributed by atoms with Gasteiger partial charge in [0.05, 0.1) is 0 Å². The zero-order chi connectivity index (χ0) is 10.1. The van der Waals surface area contributed by atoms with Gasteiger partial charge in [-0.2, -0.15) is 0 Å². The lowest BCUT2D eigenvalue weighted by atomic mass is 9.92. The van der Waals surface area contributed by atoms with Crippen LogP contribution >= 0.6 is 11.3 Å². The van der Waals surface area contributed by atoms with E-state index in [1.165, 1.54) is 6.42 Å². The molecule has 2 rings (SSSR count). The minimum atomic E-state index is 0.781. The average Bonchev–Trinajstić information content (AvgIpc) is 2.50. The van der Waals surface area contributed by atoms with Crippen molar-refractivity contribution < 1.29 is 0 Å². The van der Waals surface area contributed by atoms with E-state index in [-0.39, 0.29) is 0 Å². The summed E-state index contributed by atoms with van der Waals surface area (Å²) in [6, 6.07) is 0. The summed E-state index contributed by atoms with van der Waals surface area (Å²) in [5.74, 6) is 1.56. The van der Waals surface area contributed by atoms with E-state index >= 15 is 0 Å². The highest BCUT2D eigenvalue weighted by Crippen LogP contribution is 2.27. The SMILES string of the molecule is Cc1nnc(N2CC(C)CC(C)C2)s1. The number of aryl methyl sites for hydroxylation is 1. The summed E-state index contributed by atoms with van der Waals surface area (Å²) in [4.78, 5) is 2.38. The minimum Gasteiger partial charge on any atom is -0.346 e. The molecule has 1 saturated heterocycles. The van der Waals surface area contributed by atoms with Gasteiger partial charge >= 0.3 is 0 Å². The highest BCUT2D eigenvalue weighted by Gasteiger charge is 2.23. The Bertz CT molecular complexity index is 300. The first-order chi connectivity index (χ1) is 6.65. The van der Waals surface area contributed by atoms with Crippen molar-refractivity contribution in [3.05, 3.63) is 5.01 Å². The Kier molecular flexibility index (Phi) is 2.72. The second kappa shape index (κ2) is 3.85. The molecule has 0 bridgehead atoms. The van der Waals surface area contributed by atoms with Gasteiger partial charge in [-0.1, -0.05) is 25.2 Å². The lowest BCUT2D eigenvalue weighted by Gasteiger charge is -2.34. The molecule has 1 fully saturated rings. The van der Waals surface area contributed by atoms with E-state index in [1.807, 2.05) is 6.92 Å². The number of aromatic nitrogens is 2. The van der Waals surface area contributed by atoms with E-state index in [0.29, 0.717) is 0 Å². The first-order valence-electron chi connectivity index (χ1n) is 5.20. The highest BCUT2D eigenvalue weighted by molar-refractivity contribution is 7.15. The topological polar surface area (TPSA) is 29.0 Å². The normalized spacial score (nSPS) is 28.1. The molecule has 2 heterocycles. The molecular weight excluding hydrogens is 194 g/mol. The van der Waals surface area contributed by atoms with Crippen LogP contribution in [0, 0.1) is 18.8 Å². The van der Waals surface area contributed by atoms with Crippen molar-refractivity contribution in [3.63, 3.8) is 0 Å². The molecule has 78 valence electrons. The molecule has 0 aromatic carbocycles. The van der Waals surface area contributed by atoms with Gasteiger partial charge in [0.2, 0.25) is 5.13 Å². The molecule has 1 aliphatic heterocycles. The first kappa shape index (κ1) is 9.90. The van der Waals surface area contributed by atoms with Crippen molar-refractivity contribution in [2.75, 3.05) is 18.0 Å². The number of hydrogen-bond acceptors (Lipinski definition) is 4. The highest BCUT2D eigenvalue weighted by atomic mass is 32.1. The fourth-order valence-electron chi connectivity index (χ4n) is 2.23. The van der Waals surface area contributed by atoms with E-state index in [2.05, 4.69) is 28.9 Å². The standard InChI is InChI=1S/C10H17N3S/c1-7-4-8(2)6-13(5-7)10-12-11-9(3)14-10/h7-8H,4-6H2,1-3H3. The largest absolute Gasteiger partial charge is 0.346 e. The van der Waals surface area contributed by atoms with Gasteiger partial charge in [-0.05, 0) is 25.2 Å². The number of piperidine rings is 1. The first-order valence-corrected chi connectivity index (χ1v) is 6.02. The molecule has 0 radical (unpaired) electrons. The molecule has 14 heavy (non-hydrogen) atoms. The molecule has 1 aromatic rings. The fraction of sp³-hybridized carbons (Fsp3) is 0.800. The lowest BCUT2D eigenvalue weighted by molar-refractivity contribution is 0.356. The second-order valence-electron chi connectivity index (χ2n) is 4.45. The molecule has 0 amide bonds. The van der Waals surface area contributed by atoms with Crippen LogP contribution in [-0.4, -0.2) is 23.3 Å². The molecule has 4 heteroatoms. The Hall–Kier alpha value is -0.640. The fourth-order valence-corrected chi connectivity index (χ4v) is 2.94. The van der Waals surface area contributed by atoms with Gasteiger partial charge in [-0.15, -0.1) is 10.2 Å². The molecule has 0 saturated carbocycles. The molecule has 1 aromatic heterocycles. The van der Waals surface area contributed by atoms with Gasteiger partial charge < -0.3 is 4.90 Å². The molecular formula is C10H17N3S. The maximum atomic E-state index is 4.20. The van der Waals surface area contributed by atoms with Gasteiger partial charge in [0.15, 0.2) is 0 Å². The Morgan fingerprint density at radius 1 is 1.21 bits per heavy atom. The van der Waals surface area contributed by atoms with Crippen LogP contribution in [0.15, 0.2) is 0 Å². The smallest absolute Gasteiger partial charge is 0.208 e. The summed E-state index contributed by atoms with van der Waals surface area (Å²) < 4.78 is 0. The van der Waals surface area contributed by atoms with Crippen molar-refractivity contribution >= 4 is 16.5 Å². The van der Waals surface area contributed by atoms with Crippen molar-refractivity contribution in [1.29, 1.82) is 0 Å². The number of nitrogens with zero attached hydrogens (tertiary/aromatic N) is 3. The third-order valence-electron chi connectivity index (χ3n) is 2.65. The zero-order valence-electron chi connectivity index (χ0n) is 9.03. The molecule has 2 atom stereocenters. The summed E-state index contributed by atoms with van der Waals surface area (Å²) >= 11 is 1.70. The Balaban J connectivity index is 2.10. The number of rotatable bonds is 1. The molecule has 1 aliphatic rings. The van der Waals surface area contributed by atoms with Crippen molar-refractivity contribution in [2.24, 2.45) is 11.8 Å². The van der Waals surface area contributed by atoms with E-state index < -0.39 is 0 Å². The molecule has 3 nitrogen and oxygen atoms in total. The van der Waals surface area contributed by atoms with Crippen LogP contribution in [0.5, 0.6) is 0 Å². The van der Waals surface area contributed by atoms with Crippen LogP contribution < -0.4 is 4.90 Å². The van der Waals surface area contributed by atoms with Crippen molar-refractivity contribution in [2.45, 2.75) is 27.2 Å². The van der Waals surface area contributed by atoms with Gasteiger partial charge in [0.1, 0.15) is 5.01 Å². The maximum Gasteiger partial charge on any atom is 0.208 e. The van der Waals surface area contributed by atoms with Crippen LogP contribution in [0.3, 0.4) is 0 Å². The Morgan fingerprint density at radius 3 is 2.36 bits per heavy atom. The van der Waals surface area contributed by atoms with Gasteiger partial charge in [0.25, 0.3) is 0 Å². The number of hydrogen-bond donors (Lipinski definition) is 0. The van der Waals surface area contributed by atoms with Gasteiger partial charge in [-0.25, -0.2) is 0 Å². The zero-order valence-corrected chi connectivity index (χ0v) is 9.84. The summed E-state index contributed by atoms with van der Waals surface area (Å²) in [5.41, 5.74) is 0. The molecule has 0 aliphatic carbocycles. The monoisotopic (exact) mass is 211 g/mol. The van der Waals surface area contributed by atoms with Crippen molar-refractivity contribution in [3.8, 4) is 0 Å². The van der Waals surface area contributed by atoms with Crippen LogP contribution in [0.4, 0.5) is 5.13 Å². The molecule has 2 unspecified atom stereocenters. The van der Waals surface area contributed by atoms with Crippen LogP contribution in [0.25, 0.3) is 0 Å². The van der Waals surface area contributed by atoms with Crippen LogP contribution in [0.1, 0.15) is 25.3 Å². The van der Waals surface area contributed by atoms with Gasteiger partial charge in [-0.3, -0.25) is 0 Å². The van der Waals surface area contributed by atoms with Crippen LogP contribution in [0.2, 0.25) is 0 Å². The van der Waals surface area contributed by atoms with E-state index in [9.17, 15) is 0 Å². The second-order valence-corrected chi connectivity index (χ2v) is 5.61. The summed E-state index contributed by atoms with van der Waals surface area (Å²) in [6.45, 7) is 8.92. The molecule has 0 spiro atoms. The predicted molar refractivity (Wildman–Crippen MR) is 59.8 cm³/mol. The third kappa shape index (κ3) is 2.05. The quantitative estimate of drug-likeness (QED) is 0.714. The van der Waals surface area contributed by atoms with Gasteiger partial charge in [0, 0.05) is 13.1 Å². The molecule has 0 N–H and O–H groups in total. The average molecular weight is 211 g/mol. The van der Waals surface area contributed by atoms with Crippen LogP contribution in [-0.2, 0) is 0 Å². The summed E-state index contributed by atoms with van der Waals surface area (Å²) in [5, 5.41) is 10.4. The summed E-state index contributed by atoms with van der Waals surface area (Å²) in [6.07, 6.45) is 1.34. The predicted octanol–water partition coefficient (Wildman–Crippen LogP) is 2.33. The summed E-state index contributed by atoms with van der Waals surface area (Å²) in [7, 11) is 0. The lowest BCUT2D eigenvalue weighted by Crippen LogP contribution is -2.38. The Morgan fingerprint density at radius 2 is 1.86 bits per heavy atom. The third-order valence-corrected chi connectivity index (χ3v) is 3.55. The Labute approximate surface area is 89.2 Å². The minimum absolute atomic E-state index is 0.781. The maximum absolute atomic E-state index is 4.20. The van der Waals surface area contributed by atoms with E-state index in [1.54, 1.807) is 11.3 Å². The van der Waals surface area contributed by atoms with Crippen molar-refractivity contribution in [1.82, 2.24) is 10.2 Å². The van der Waals surface area contributed by atoms with E-state index in [4.69, 9.17) is 0 Å². The van der Waals surface area contributed by atoms with E-state index in [0.717, 1.165) is 35.1 Å². The number of anilines is 1.